The lowest BCUT2D eigenvalue weighted by atomic mass is 10.00. The van der Waals surface area contributed by atoms with Crippen LogP contribution in [0.15, 0.2) is 60.7 Å². The molecule has 0 radical (unpaired) electrons. The van der Waals surface area contributed by atoms with Gasteiger partial charge in [-0.25, -0.2) is 0 Å². The van der Waals surface area contributed by atoms with Crippen LogP contribution in [-0.2, 0) is 27.4 Å². The highest BCUT2D eigenvalue weighted by molar-refractivity contribution is 5.97. The number of carbonyl (C=O) groups is 2. The Kier molecular flexibility index (Phi) is 9.53. The van der Waals surface area contributed by atoms with E-state index in [1.807, 2.05) is 42.5 Å². The third kappa shape index (κ3) is 7.42. The fraction of sp³-hybridized carbons (Fsp3) is 0.394. The van der Waals surface area contributed by atoms with Crippen molar-refractivity contribution in [3.8, 4) is 17.2 Å². The number of benzene rings is 3. The summed E-state index contributed by atoms with van der Waals surface area (Å²) in [6, 6.07) is 18.4. The van der Waals surface area contributed by atoms with E-state index in [0.29, 0.717) is 79.7 Å². The van der Waals surface area contributed by atoms with Crippen molar-refractivity contribution in [3.63, 3.8) is 0 Å². The number of methoxy groups -OCH3 is 2. The molecule has 2 atom stereocenters. The van der Waals surface area contributed by atoms with Crippen LogP contribution < -0.4 is 14.8 Å². The van der Waals surface area contributed by atoms with E-state index >= 15 is 0 Å². The van der Waals surface area contributed by atoms with E-state index in [1.54, 1.807) is 37.3 Å². The molecule has 6 rings (SSSR count). The van der Waals surface area contributed by atoms with Gasteiger partial charge in [0, 0.05) is 45.5 Å². The molecular formula is C33H38N6O6. The quantitative estimate of drug-likeness (QED) is 0.313. The van der Waals surface area contributed by atoms with Crippen molar-refractivity contribution >= 4 is 22.8 Å². The predicted octanol–water partition coefficient (Wildman–Crippen LogP) is 3.53. The number of aromatic nitrogens is 3. The molecule has 0 spiro atoms. The Morgan fingerprint density at radius 1 is 1.02 bits per heavy atom. The average Bonchev–Trinajstić information content (AvgIpc) is 3.52. The molecule has 1 saturated heterocycles. The first kappa shape index (κ1) is 30.5. The molecule has 0 aliphatic carbocycles. The largest absolute Gasteiger partial charge is 0.493 e. The SMILES string of the molecule is COCCCN1CC(=O)N[C@H]2CN(C(=O)c3ccc4n[nH]nc4c3)CC[C@H]2OCc2cccc(c2)Oc2cc(ccc2OC)C1. The van der Waals surface area contributed by atoms with Gasteiger partial charge in [0.05, 0.1) is 32.4 Å². The van der Waals surface area contributed by atoms with Crippen LogP contribution in [0.2, 0.25) is 0 Å². The lowest BCUT2D eigenvalue weighted by Crippen LogP contribution is -2.58. The highest BCUT2D eigenvalue weighted by atomic mass is 16.5. The van der Waals surface area contributed by atoms with Gasteiger partial charge in [0.2, 0.25) is 5.91 Å². The van der Waals surface area contributed by atoms with Crippen molar-refractivity contribution in [3.05, 3.63) is 77.4 Å². The number of nitrogens with one attached hydrogen (secondary N) is 2. The van der Waals surface area contributed by atoms with Crippen molar-refractivity contribution in [2.24, 2.45) is 0 Å². The van der Waals surface area contributed by atoms with E-state index in [1.165, 1.54) is 0 Å². The summed E-state index contributed by atoms with van der Waals surface area (Å²) < 4.78 is 23.6. The van der Waals surface area contributed by atoms with Gasteiger partial charge in [-0.15, -0.1) is 0 Å². The highest BCUT2D eigenvalue weighted by Crippen LogP contribution is 2.33. The standard InChI is InChI=1S/C33H38N6O6/c1-42-14-4-12-38-18-22-7-10-30(43-2)31(16-22)45-25-6-3-5-23(15-25)21-44-29-11-13-39(19-28(29)34-32(40)20-38)33(41)24-8-9-26-27(17-24)36-37-35-26/h3,5-10,15-17,28-29H,4,11-14,18-21H2,1-2H3,(H,34,40)(H,35,36,37)/t28-,29+/m0/s1. The van der Waals surface area contributed by atoms with Crippen molar-refractivity contribution < 1.29 is 28.5 Å². The molecule has 2 N–H and O–H groups in total. The normalized spacial score (nSPS) is 19.4. The maximum Gasteiger partial charge on any atom is 0.254 e. The van der Waals surface area contributed by atoms with Crippen LogP contribution >= 0.6 is 0 Å². The van der Waals surface area contributed by atoms with Crippen LogP contribution in [-0.4, -0.2) is 96.2 Å². The van der Waals surface area contributed by atoms with E-state index in [0.717, 1.165) is 17.5 Å². The van der Waals surface area contributed by atoms with Crippen molar-refractivity contribution in [2.45, 2.75) is 38.1 Å². The predicted molar refractivity (Wildman–Crippen MR) is 166 cm³/mol. The molecule has 4 bridgehead atoms. The lowest BCUT2D eigenvalue weighted by molar-refractivity contribution is -0.125. The first-order valence-corrected chi connectivity index (χ1v) is 15.1. The molecule has 0 saturated carbocycles. The molecule has 1 aromatic heterocycles. The van der Waals surface area contributed by atoms with E-state index in [9.17, 15) is 9.59 Å². The zero-order chi connectivity index (χ0) is 31.2. The van der Waals surface area contributed by atoms with Crippen molar-refractivity contribution in [1.82, 2.24) is 30.5 Å². The fourth-order valence-corrected chi connectivity index (χ4v) is 5.90. The number of fused-ring (bicyclic) bond motifs is 6. The lowest BCUT2D eigenvalue weighted by Gasteiger charge is -2.39. The Balaban J connectivity index is 1.26. The number of ether oxygens (including phenoxy) is 4. The number of hydrogen-bond donors (Lipinski definition) is 2. The molecule has 45 heavy (non-hydrogen) atoms. The minimum absolute atomic E-state index is 0.124. The Labute approximate surface area is 261 Å². The van der Waals surface area contributed by atoms with Gasteiger partial charge in [0.25, 0.3) is 5.91 Å². The summed E-state index contributed by atoms with van der Waals surface area (Å²) in [4.78, 5) is 31.0. The molecular weight excluding hydrogens is 576 g/mol. The van der Waals surface area contributed by atoms with E-state index in [4.69, 9.17) is 18.9 Å². The molecule has 1 fully saturated rings. The second-order valence-corrected chi connectivity index (χ2v) is 11.4. The molecule has 4 aromatic rings. The van der Waals surface area contributed by atoms with Crippen molar-refractivity contribution in [1.29, 1.82) is 0 Å². The minimum atomic E-state index is -0.397. The molecule has 0 unspecified atom stereocenters. The number of carbonyl (C=O) groups excluding carboxylic acids is 2. The van der Waals surface area contributed by atoms with Gasteiger partial charge < -0.3 is 29.2 Å². The topological polar surface area (TPSA) is 131 Å². The first-order valence-electron chi connectivity index (χ1n) is 15.1. The number of likely N-dealkylation sites (tertiary alicyclic amines) is 1. The van der Waals surface area contributed by atoms with Gasteiger partial charge in [0.1, 0.15) is 16.8 Å². The van der Waals surface area contributed by atoms with Crippen LogP contribution in [0.4, 0.5) is 0 Å². The number of hydrogen-bond acceptors (Lipinski definition) is 9. The smallest absolute Gasteiger partial charge is 0.254 e. The van der Waals surface area contributed by atoms with Crippen LogP contribution in [0.5, 0.6) is 17.2 Å². The van der Waals surface area contributed by atoms with Crippen LogP contribution in [0.25, 0.3) is 11.0 Å². The molecule has 12 nitrogen and oxygen atoms in total. The monoisotopic (exact) mass is 614 g/mol. The summed E-state index contributed by atoms with van der Waals surface area (Å²) in [5.74, 6) is 1.63. The Hall–Kier alpha value is -4.52. The summed E-state index contributed by atoms with van der Waals surface area (Å²) in [5, 5.41) is 14.0. The van der Waals surface area contributed by atoms with E-state index in [-0.39, 0.29) is 24.5 Å². The number of aromatic amines is 1. The molecule has 2 aliphatic heterocycles. The third-order valence-electron chi connectivity index (χ3n) is 8.16. The Morgan fingerprint density at radius 2 is 1.91 bits per heavy atom. The van der Waals surface area contributed by atoms with Crippen LogP contribution in [0, 0.1) is 0 Å². The number of rotatable bonds is 6. The Morgan fingerprint density at radius 3 is 2.78 bits per heavy atom. The average molecular weight is 615 g/mol. The maximum atomic E-state index is 13.6. The zero-order valence-electron chi connectivity index (χ0n) is 25.5. The number of amides is 2. The molecule has 3 aromatic carbocycles. The summed E-state index contributed by atoms with van der Waals surface area (Å²) >= 11 is 0. The van der Waals surface area contributed by atoms with Gasteiger partial charge >= 0.3 is 0 Å². The molecule has 12 heteroatoms. The van der Waals surface area contributed by atoms with Crippen LogP contribution in [0.3, 0.4) is 0 Å². The third-order valence-corrected chi connectivity index (χ3v) is 8.16. The second-order valence-electron chi connectivity index (χ2n) is 11.4. The summed E-state index contributed by atoms with van der Waals surface area (Å²) in [6.07, 6.45) is 1.05. The zero-order valence-corrected chi connectivity index (χ0v) is 25.5. The van der Waals surface area contributed by atoms with Crippen LogP contribution in [0.1, 0.15) is 34.3 Å². The van der Waals surface area contributed by atoms with Gasteiger partial charge in [-0.1, -0.05) is 18.2 Å². The summed E-state index contributed by atoms with van der Waals surface area (Å²) in [5.41, 5.74) is 3.76. The number of piperidine rings is 1. The molecule has 236 valence electrons. The van der Waals surface area contributed by atoms with Gasteiger partial charge in [-0.2, -0.15) is 15.4 Å². The molecule has 2 aliphatic rings. The van der Waals surface area contributed by atoms with Gasteiger partial charge in [0.15, 0.2) is 11.5 Å². The van der Waals surface area contributed by atoms with E-state index < -0.39 is 6.04 Å². The summed E-state index contributed by atoms with van der Waals surface area (Å²) in [6.45, 7) is 3.08. The van der Waals surface area contributed by atoms with Gasteiger partial charge in [-0.3, -0.25) is 14.5 Å². The van der Waals surface area contributed by atoms with E-state index in [2.05, 4.69) is 25.6 Å². The Bertz CT molecular complexity index is 1640. The first-order chi connectivity index (χ1) is 22.0. The fourth-order valence-electron chi connectivity index (χ4n) is 5.90. The van der Waals surface area contributed by atoms with Gasteiger partial charge in [-0.05, 0) is 66.4 Å². The molecule has 2 amide bonds. The maximum absolute atomic E-state index is 13.6. The summed E-state index contributed by atoms with van der Waals surface area (Å²) in [7, 11) is 3.28. The van der Waals surface area contributed by atoms with Crippen molar-refractivity contribution in [2.75, 3.05) is 47.0 Å². The number of H-pyrrole nitrogens is 1. The highest BCUT2D eigenvalue weighted by Gasteiger charge is 2.34. The molecule has 3 heterocycles. The number of nitrogens with zero attached hydrogens (tertiary/aromatic N) is 4. The second kappa shape index (κ2) is 14.1. The minimum Gasteiger partial charge on any atom is -0.493 e.